The van der Waals surface area contributed by atoms with Crippen molar-refractivity contribution in [2.75, 3.05) is 39.6 Å². The van der Waals surface area contributed by atoms with Crippen LogP contribution in [0.5, 0.6) is 0 Å². The van der Waals surface area contributed by atoms with Gasteiger partial charge in [0.1, 0.15) is 19.3 Å². The fourth-order valence-corrected chi connectivity index (χ4v) is 11.4. The minimum absolute atomic E-state index is 0.00644. The fourth-order valence-electron chi connectivity index (χ4n) is 9.80. The lowest BCUT2D eigenvalue weighted by Crippen LogP contribution is -2.30. The monoisotopic (exact) mass is 1590 g/mol. The van der Waals surface area contributed by atoms with Crippen molar-refractivity contribution < 1.29 is 80.2 Å². The molecule has 0 aliphatic rings. The van der Waals surface area contributed by atoms with Crippen LogP contribution in [-0.2, 0) is 65.4 Å². The lowest BCUT2D eigenvalue weighted by molar-refractivity contribution is -0.161. The molecule has 3 N–H and O–H groups in total. The number of carbonyl (C=O) groups is 4. The summed E-state index contributed by atoms with van der Waals surface area (Å²) in [5.74, 6) is -2.53. The van der Waals surface area contributed by atoms with Crippen LogP contribution in [-0.4, -0.2) is 96.7 Å². The SMILES string of the molecule is CC/C=C\C/C=C\C/C=C\C/C=C\C/C=C\C/C=C\CCC(=O)OC[C@H](COP(=O)(O)OC[C@@H](O)COP(=O)(O)OC[C@@H](COC(=O)CCC/C=C\C/C=C\C/C=C\C/C=C\CCCCC)OC(=O)CCC/C=C\C/C=C\C/C=C\C/C=C\CCCCC)OC(=O)CC/C=C\C/C=C\C/C=C\C/C=C\C/C=C\CCCCC. The van der Waals surface area contributed by atoms with E-state index in [9.17, 15) is 43.2 Å². The molecule has 0 spiro atoms. The Morgan fingerprint density at radius 2 is 0.473 bits per heavy atom. The predicted molar refractivity (Wildman–Crippen MR) is 463 cm³/mol. The number of phosphoric ester groups is 2. The summed E-state index contributed by atoms with van der Waals surface area (Å²) in [4.78, 5) is 73.1. The van der Waals surface area contributed by atoms with E-state index in [0.717, 1.165) is 109 Å². The van der Waals surface area contributed by atoms with E-state index in [-0.39, 0.29) is 25.7 Å². The molecular formula is C93H144O17P2. The summed E-state index contributed by atoms with van der Waals surface area (Å²) < 4.78 is 68.4. The van der Waals surface area contributed by atoms with Gasteiger partial charge in [0, 0.05) is 25.7 Å². The van der Waals surface area contributed by atoms with E-state index in [1.54, 1.807) is 0 Å². The number of carbonyl (C=O) groups excluding carboxylic acids is 4. The molecule has 0 rings (SSSR count). The quantitative estimate of drug-likeness (QED) is 0.0169. The van der Waals surface area contributed by atoms with Gasteiger partial charge in [0.25, 0.3) is 0 Å². The van der Waals surface area contributed by atoms with E-state index in [4.69, 9.17) is 37.0 Å². The van der Waals surface area contributed by atoms with Crippen molar-refractivity contribution in [1.29, 1.82) is 0 Å². The molecule has 0 aromatic rings. The molecule has 0 aliphatic heterocycles. The number of aliphatic hydroxyl groups is 1. The van der Waals surface area contributed by atoms with Gasteiger partial charge in [0.2, 0.25) is 0 Å². The number of ether oxygens (including phenoxy) is 4. The van der Waals surface area contributed by atoms with Crippen LogP contribution >= 0.6 is 15.6 Å². The van der Waals surface area contributed by atoms with E-state index in [2.05, 4.69) is 198 Å². The number of phosphoric acid groups is 2. The largest absolute Gasteiger partial charge is 0.472 e. The second-order valence-electron chi connectivity index (χ2n) is 26.6. The van der Waals surface area contributed by atoms with Crippen LogP contribution in [0, 0.1) is 0 Å². The number of esters is 4. The van der Waals surface area contributed by atoms with Gasteiger partial charge in [-0.2, -0.15) is 0 Å². The van der Waals surface area contributed by atoms with Gasteiger partial charge in [0.05, 0.1) is 26.4 Å². The zero-order valence-electron chi connectivity index (χ0n) is 68.7. The Hall–Kier alpha value is -6.88. The summed E-state index contributed by atoms with van der Waals surface area (Å²) in [5, 5.41) is 10.7. The van der Waals surface area contributed by atoms with E-state index in [1.165, 1.54) is 57.8 Å². The second-order valence-corrected chi connectivity index (χ2v) is 29.5. The van der Waals surface area contributed by atoms with E-state index < -0.39 is 97.5 Å². The number of aliphatic hydroxyl groups excluding tert-OH is 1. The normalized spacial score (nSPS) is 15.0. The molecule has 19 heteroatoms. The molecule has 0 saturated carbocycles. The Kier molecular flexibility index (Phi) is 77.1. The van der Waals surface area contributed by atoms with Crippen LogP contribution in [0.3, 0.4) is 0 Å². The molecule has 0 saturated heterocycles. The highest BCUT2D eigenvalue weighted by Crippen LogP contribution is 2.45. The minimum Gasteiger partial charge on any atom is -0.462 e. The maximum atomic E-state index is 13.1. The predicted octanol–water partition coefficient (Wildman–Crippen LogP) is 25.0. The van der Waals surface area contributed by atoms with E-state index in [0.29, 0.717) is 51.4 Å². The van der Waals surface area contributed by atoms with Crippen molar-refractivity contribution in [3.05, 3.63) is 231 Å². The molecule has 628 valence electrons. The topological polar surface area (TPSA) is 237 Å². The average Bonchev–Trinajstić information content (AvgIpc) is 0.898. The van der Waals surface area contributed by atoms with Crippen molar-refractivity contribution in [2.45, 2.75) is 290 Å². The Labute approximate surface area is 676 Å². The molecule has 0 fully saturated rings. The average molecular weight is 1600 g/mol. The number of allylic oxidation sites excluding steroid dienone is 38. The summed E-state index contributed by atoms with van der Waals surface area (Å²) in [6, 6.07) is 0. The Morgan fingerprint density at radius 3 is 0.750 bits per heavy atom. The standard InChI is InChI=1S/C93H144O17P2/c1-5-9-13-17-21-25-29-33-37-41-43-47-50-54-58-62-66-70-74-78-91(96)104-84-89(110-93(98)80-76-72-68-64-60-56-52-48-44-42-38-34-30-26-22-18-14-10-6-2)86-108-112(101,102)106-82-87(94)81-105-111(99,100)107-85-88(109-92(97)79-75-71-67-63-59-55-51-46-40-36-32-28-24-20-16-12-8-4)83-103-90(95)77-73-69-65-61-57-53-49-45-39-35-31-27-23-19-15-11-7-3/h9,13,21-28,33-40,43-44,47-49,51,53-56,58,60-61,63,65-68,70,72,87-89,94H,5-8,10-12,14-20,29-32,41-42,45-46,50,52,57,59,62,64,69,71,73-86H2,1-4H3,(H,99,100)(H,101,102)/b13-9-,25-21-,26-22-,27-23-,28-24-,37-33-,38-34-,39-35-,40-36-,47-43-,48-44-,53-49-,55-51-,58-54-,60-56-,65-61-,67-63-,70-66-,72-68-/t87-,88+,89+/m0/s1. The second kappa shape index (κ2) is 82.1. The third-order valence-electron chi connectivity index (χ3n) is 16.1. The van der Waals surface area contributed by atoms with Gasteiger partial charge in [-0.15, -0.1) is 0 Å². The summed E-state index contributed by atoms with van der Waals surface area (Å²) in [7, 11) is -10.1. The zero-order valence-corrected chi connectivity index (χ0v) is 70.5. The van der Waals surface area contributed by atoms with Gasteiger partial charge in [0.15, 0.2) is 12.2 Å². The lowest BCUT2D eigenvalue weighted by atomic mass is 10.2. The molecule has 5 atom stereocenters. The van der Waals surface area contributed by atoms with Crippen LogP contribution in [0.2, 0.25) is 0 Å². The van der Waals surface area contributed by atoms with Crippen molar-refractivity contribution in [2.24, 2.45) is 0 Å². The van der Waals surface area contributed by atoms with E-state index >= 15 is 0 Å². The smallest absolute Gasteiger partial charge is 0.462 e. The number of rotatable bonds is 75. The van der Waals surface area contributed by atoms with Gasteiger partial charge < -0.3 is 33.8 Å². The molecule has 0 amide bonds. The minimum atomic E-state index is -5.04. The van der Waals surface area contributed by atoms with Gasteiger partial charge in [-0.05, 0) is 180 Å². The van der Waals surface area contributed by atoms with Crippen LogP contribution in [0.4, 0.5) is 0 Å². The number of unbranched alkanes of at least 4 members (excludes halogenated alkanes) is 11. The van der Waals surface area contributed by atoms with Crippen LogP contribution in [0.25, 0.3) is 0 Å². The number of hydrogen-bond acceptors (Lipinski definition) is 15. The molecule has 0 heterocycles. The Bertz CT molecular complexity index is 3040. The van der Waals surface area contributed by atoms with Gasteiger partial charge in [-0.1, -0.05) is 297 Å². The first kappa shape index (κ1) is 105. The molecule has 0 radical (unpaired) electrons. The summed E-state index contributed by atoms with van der Waals surface area (Å²) in [6.07, 6.45) is 106. The van der Waals surface area contributed by atoms with Crippen molar-refractivity contribution in [1.82, 2.24) is 0 Å². The number of hydrogen-bond donors (Lipinski definition) is 3. The highest BCUT2D eigenvalue weighted by Gasteiger charge is 2.30. The van der Waals surface area contributed by atoms with Gasteiger partial charge in [-0.25, -0.2) is 9.13 Å². The molecule has 112 heavy (non-hydrogen) atoms. The molecule has 0 aromatic carbocycles. The molecule has 0 aliphatic carbocycles. The molecule has 0 aromatic heterocycles. The van der Waals surface area contributed by atoms with Crippen LogP contribution in [0.1, 0.15) is 272 Å². The molecule has 2 unspecified atom stereocenters. The highest BCUT2D eigenvalue weighted by atomic mass is 31.2. The fraction of sp³-hybridized carbons (Fsp3) is 0.548. The zero-order chi connectivity index (χ0) is 81.7. The summed E-state index contributed by atoms with van der Waals surface area (Å²) in [5.41, 5.74) is 0. The van der Waals surface area contributed by atoms with Crippen LogP contribution < -0.4 is 0 Å². The Morgan fingerprint density at radius 1 is 0.259 bits per heavy atom. The Balaban J connectivity index is 5.65. The van der Waals surface area contributed by atoms with Crippen LogP contribution in [0.15, 0.2) is 231 Å². The lowest BCUT2D eigenvalue weighted by Gasteiger charge is -2.21. The van der Waals surface area contributed by atoms with Crippen molar-refractivity contribution >= 4 is 39.5 Å². The summed E-state index contributed by atoms with van der Waals surface area (Å²) >= 11 is 0. The molecule has 17 nitrogen and oxygen atoms in total. The van der Waals surface area contributed by atoms with Gasteiger partial charge in [-0.3, -0.25) is 37.3 Å². The first-order valence-corrected chi connectivity index (χ1v) is 44.6. The third-order valence-corrected chi connectivity index (χ3v) is 18.0. The van der Waals surface area contributed by atoms with Gasteiger partial charge >= 0.3 is 39.5 Å². The third kappa shape index (κ3) is 81.1. The molecule has 0 bridgehead atoms. The summed E-state index contributed by atoms with van der Waals surface area (Å²) in [6.45, 7) is 4.34. The van der Waals surface area contributed by atoms with E-state index in [1.807, 2.05) is 60.8 Å². The first-order chi connectivity index (χ1) is 54.7. The van der Waals surface area contributed by atoms with Crippen molar-refractivity contribution in [3.63, 3.8) is 0 Å². The molecular weight excluding hydrogens is 1450 g/mol. The van der Waals surface area contributed by atoms with Crippen molar-refractivity contribution in [3.8, 4) is 0 Å². The maximum absolute atomic E-state index is 13.1. The first-order valence-electron chi connectivity index (χ1n) is 41.6. The highest BCUT2D eigenvalue weighted by molar-refractivity contribution is 7.47. The maximum Gasteiger partial charge on any atom is 0.472 e.